The molecule has 0 saturated heterocycles. The van der Waals surface area contributed by atoms with Gasteiger partial charge in [0.2, 0.25) is 0 Å². The van der Waals surface area contributed by atoms with Crippen LogP contribution in [0.5, 0.6) is 5.75 Å². The molecule has 14 N–H and O–H groups in total. The van der Waals surface area contributed by atoms with Crippen LogP contribution in [0.4, 0.5) is 53.0 Å². The van der Waals surface area contributed by atoms with Gasteiger partial charge in [-0.05, 0) is 230 Å². The number of aliphatic hydroxyl groups is 7. The average Bonchev–Trinajstić information content (AvgIpc) is 0.843. The van der Waals surface area contributed by atoms with E-state index in [-0.39, 0.29) is 92.5 Å². The Labute approximate surface area is 785 Å². The van der Waals surface area contributed by atoms with E-state index >= 15 is 0 Å². The number of halogens is 12. The number of nitrogens with one attached hydrogen (secondary N) is 7. The van der Waals surface area contributed by atoms with E-state index in [4.69, 9.17) is 119 Å². The maximum atomic E-state index is 12.1. The van der Waals surface area contributed by atoms with Crippen LogP contribution in [-0.2, 0) is 53.2 Å². The van der Waals surface area contributed by atoms with E-state index in [0.717, 1.165) is 40.5 Å². The number of alkyl halides is 3. The Balaban J connectivity index is 0.000000742. The summed E-state index contributed by atoms with van der Waals surface area (Å²) in [6.07, 6.45) is -2.71. The fourth-order valence-electron chi connectivity index (χ4n) is 8.14. The van der Waals surface area contributed by atoms with Crippen molar-refractivity contribution in [2.45, 2.75) is 64.6 Å². The van der Waals surface area contributed by atoms with Crippen molar-refractivity contribution in [1.29, 1.82) is 36.8 Å². The molecule has 33 nitrogen and oxygen atoms in total. The molecule has 0 aliphatic carbocycles. The van der Waals surface area contributed by atoms with E-state index in [1.807, 2.05) is 0 Å². The zero-order valence-electron chi connectivity index (χ0n) is 66.3. The second-order valence-electron chi connectivity index (χ2n) is 24.0. The monoisotopic (exact) mass is 2180 g/mol. The van der Waals surface area contributed by atoms with Gasteiger partial charge in [0.25, 0.3) is 41.4 Å². The lowest BCUT2D eigenvalue weighted by molar-refractivity contribution is -0.275. The van der Waals surface area contributed by atoms with Gasteiger partial charge in [-0.2, -0.15) is 36.8 Å². The highest BCUT2D eigenvalue weighted by Gasteiger charge is 2.32. The smallest absolute Gasteiger partial charge is 0.511 e. The number of hydrogen-bond acceptors (Lipinski definition) is 26. The molecule has 7 aromatic rings. The SMILES string of the molecule is C/C(O)=C(\C#N)C(=O)Nc1cc(Br)ccc1Br.C/C(O)=C(\C#N)C(=O)Nc1cc(Cl)ccc1Cl.C/C(O)=C(\C#N)C(=O)Nc1ccc(Br)cc1Br.C/C(O)=C(\C#N)C(=O)Nc1ccc(Cl)cc1Cl.C/C(O)=C(\C#N)C(=O)Nc1ccc(OC(F)(F)F)c(Br)c1.C/C(O)=C(\C#N)C(=O)Nc1ccc(S(C)(=O)=O)cc1.C/C(O)=C(\C#N)C(=O)Nc1cccc(S(C)(=O)=O)c1. The summed E-state index contributed by atoms with van der Waals surface area (Å²) in [5, 5.41) is 143. The van der Waals surface area contributed by atoms with Gasteiger partial charge < -0.3 is 77.7 Å². The summed E-state index contributed by atoms with van der Waals surface area (Å²) in [7, 11) is -6.68. The number of carbonyl (C=O) groups is 7. The molecule has 7 aromatic carbocycles. The normalized spacial score (nSPS) is 11.8. The fourth-order valence-corrected chi connectivity index (χ4v) is 12.5. The number of nitrogens with zero attached hydrogens (tertiary/aromatic N) is 7. The highest BCUT2D eigenvalue weighted by atomic mass is 79.9. The van der Waals surface area contributed by atoms with Crippen LogP contribution in [0.3, 0.4) is 0 Å². The second-order valence-corrected chi connectivity index (χ2v) is 34.1. The maximum Gasteiger partial charge on any atom is 0.573 e. The number of allylic oxidation sites excluding steroid dienone is 7. The molecule has 664 valence electrons. The van der Waals surface area contributed by atoms with Gasteiger partial charge in [0.15, 0.2) is 58.7 Å². The topological polar surface area (TPSA) is 589 Å². The van der Waals surface area contributed by atoms with Crippen molar-refractivity contribution in [3.63, 3.8) is 0 Å². The van der Waals surface area contributed by atoms with Crippen molar-refractivity contribution in [3.8, 4) is 48.2 Å². The summed E-state index contributed by atoms with van der Waals surface area (Å²) in [6.45, 7) is 8.67. The molecule has 0 atom stereocenters. The highest BCUT2D eigenvalue weighted by molar-refractivity contribution is 9.11. The first kappa shape index (κ1) is 112. The van der Waals surface area contributed by atoms with E-state index in [2.05, 4.69) is 122 Å². The molecular formula is C80H64Br5Cl4F3N14O19S2. The van der Waals surface area contributed by atoms with E-state index in [1.54, 1.807) is 84.9 Å². The fraction of sp³-hybridized carbons (Fsp3) is 0.125. The predicted molar refractivity (Wildman–Crippen MR) is 484 cm³/mol. The summed E-state index contributed by atoms with van der Waals surface area (Å²) < 4.78 is 88.2. The first-order valence-corrected chi connectivity index (χ1v) is 43.0. The highest BCUT2D eigenvalue weighted by Crippen LogP contribution is 2.34. The van der Waals surface area contributed by atoms with Crippen molar-refractivity contribution in [1.82, 2.24) is 0 Å². The number of benzene rings is 7. The number of ether oxygens (including phenoxy) is 1. The van der Waals surface area contributed by atoms with Gasteiger partial charge in [0.1, 0.15) is 88.5 Å². The van der Waals surface area contributed by atoms with E-state index < -0.39 is 101 Å². The molecule has 0 aliphatic rings. The van der Waals surface area contributed by atoms with Gasteiger partial charge in [-0.1, -0.05) is 84.3 Å². The van der Waals surface area contributed by atoms with Gasteiger partial charge in [0.05, 0.1) is 47.1 Å². The molecule has 0 aliphatic heterocycles. The number of amides is 7. The number of anilines is 7. The summed E-state index contributed by atoms with van der Waals surface area (Å²) in [6, 6.07) is 45.0. The zero-order chi connectivity index (χ0) is 97.5. The van der Waals surface area contributed by atoms with Crippen molar-refractivity contribution in [2.24, 2.45) is 0 Å². The van der Waals surface area contributed by atoms with Crippen LogP contribution in [0.1, 0.15) is 48.5 Å². The molecule has 0 unspecified atom stereocenters. The van der Waals surface area contributed by atoms with E-state index in [0.29, 0.717) is 41.7 Å². The summed E-state index contributed by atoms with van der Waals surface area (Å²) in [4.78, 5) is 81.5. The Morgan fingerprint density at radius 2 is 0.669 bits per heavy atom. The number of aliphatic hydroxyl groups excluding tert-OH is 7. The molecule has 0 spiro atoms. The largest absolute Gasteiger partial charge is 0.573 e. The van der Waals surface area contributed by atoms with Crippen LogP contribution in [0, 0.1) is 79.3 Å². The lowest BCUT2D eigenvalue weighted by atomic mass is 10.2. The lowest BCUT2D eigenvalue weighted by Gasteiger charge is -2.12. The Morgan fingerprint density at radius 3 is 1.04 bits per heavy atom. The lowest BCUT2D eigenvalue weighted by Crippen LogP contribution is -2.18. The molecule has 0 saturated carbocycles. The van der Waals surface area contributed by atoms with Crippen molar-refractivity contribution in [2.75, 3.05) is 49.7 Å². The number of hydrogen-bond donors (Lipinski definition) is 14. The minimum absolute atomic E-state index is 0.0409. The van der Waals surface area contributed by atoms with Gasteiger partial charge in [-0.15, -0.1) is 13.2 Å². The predicted octanol–water partition coefficient (Wildman–Crippen LogP) is 20.0. The third-order valence-electron chi connectivity index (χ3n) is 14.1. The summed E-state index contributed by atoms with van der Waals surface area (Å²) >= 11 is 39.1. The van der Waals surface area contributed by atoms with Crippen LogP contribution in [0.25, 0.3) is 0 Å². The number of carbonyl (C=O) groups excluding carboxylic acids is 7. The Morgan fingerprint density at radius 1 is 0.339 bits per heavy atom. The van der Waals surface area contributed by atoms with Gasteiger partial charge in [-0.25, -0.2) is 16.8 Å². The van der Waals surface area contributed by atoms with Gasteiger partial charge in [-0.3, -0.25) is 33.6 Å². The second kappa shape index (κ2) is 53.4. The Hall–Kier alpha value is -12.9. The van der Waals surface area contributed by atoms with Gasteiger partial charge >= 0.3 is 6.36 Å². The van der Waals surface area contributed by atoms with Crippen LogP contribution >= 0.6 is 126 Å². The third-order valence-corrected chi connectivity index (χ3v) is 20.4. The van der Waals surface area contributed by atoms with Crippen molar-refractivity contribution < 1.29 is 104 Å². The van der Waals surface area contributed by atoms with Crippen LogP contribution in [-0.4, -0.2) is 113 Å². The first-order valence-electron chi connectivity index (χ1n) is 33.7. The third kappa shape index (κ3) is 39.9. The van der Waals surface area contributed by atoms with E-state index in [1.165, 1.54) is 126 Å². The minimum atomic E-state index is -4.84. The van der Waals surface area contributed by atoms with Crippen molar-refractivity contribution >= 4 is 227 Å². The zero-order valence-corrected chi connectivity index (χ0v) is 78.9. The molecule has 0 fully saturated rings. The Kier molecular flexibility index (Phi) is 47.2. The molecular weight excluding hydrogens is 2120 g/mol. The van der Waals surface area contributed by atoms with Crippen molar-refractivity contribution in [3.05, 3.63) is 261 Å². The van der Waals surface area contributed by atoms with Crippen LogP contribution < -0.4 is 42.0 Å². The molecule has 0 heterocycles. The summed E-state index contributed by atoms with van der Waals surface area (Å²) in [5.74, 6) is -8.24. The quantitative estimate of drug-likeness (QED) is 0.0229. The standard InChI is InChI=1S/C12H8BrF3N2O3.2C12H12N2O4S.2C11H8Br2N2O2.2C11H8Cl2N2O2/c1-6(19)8(5-17)11(20)18-7-2-3-10(9(13)4-7)21-12(14,15)16;1-8(15)11(7-13)12(16)14-9-3-5-10(6-4-9)19(2,17)18;1-8(15)11(7-13)12(16)14-9-4-3-5-10(6-9)19(2,17)18;1-6(16)8(5-14)11(17)15-10-3-2-7(12)4-9(10)13;1-6(16)8(5-14)11(17)15-10-4-7(12)2-3-9(10)13;1-6(16)8(5-14)11(17)15-10-3-2-7(12)4-9(10)13;1-6(16)8(5-14)11(17)15-10-4-7(12)2-3-9(10)13/h2-4,19H,1H3,(H,18,20);2*3-6,15H,1-2H3,(H,14,16);4*2-4,16H,1H3,(H,15,17)/b8-6-;2*11-8-;4*8-6-. The average molecular weight is 2190 g/mol. The van der Waals surface area contributed by atoms with E-state index in [9.17, 15) is 63.6 Å². The molecule has 0 bridgehead atoms. The van der Waals surface area contributed by atoms with Gasteiger partial charge in [0, 0.05) is 57.5 Å². The molecule has 0 radical (unpaired) electrons. The summed E-state index contributed by atoms with van der Waals surface area (Å²) in [5.41, 5.74) is -0.380. The number of sulfone groups is 2. The maximum absolute atomic E-state index is 12.1. The molecule has 127 heavy (non-hydrogen) atoms. The molecule has 7 rings (SSSR count). The molecule has 0 aromatic heterocycles. The molecule has 7 amide bonds. The molecule has 47 heteroatoms. The minimum Gasteiger partial charge on any atom is -0.511 e. The van der Waals surface area contributed by atoms with Crippen LogP contribution in [0.2, 0.25) is 20.1 Å². The number of rotatable bonds is 17. The van der Waals surface area contributed by atoms with Crippen LogP contribution in [0.15, 0.2) is 251 Å². The number of nitriles is 7. The first-order chi connectivity index (χ1) is 58.9. The Bertz CT molecular complexity index is 6010.